The van der Waals surface area contributed by atoms with Crippen LogP contribution in [0.1, 0.15) is 213 Å². The number of rotatable bonds is 32. The Kier molecular flexibility index (Phi) is 28.2. The van der Waals surface area contributed by atoms with Crippen molar-refractivity contribution in [3.8, 4) is 0 Å². The highest BCUT2D eigenvalue weighted by molar-refractivity contribution is 7.09. The van der Waals surface area contributed by atoms with Crippen molar-refractivity contribution in [1.29, 1.82) is 0 Å². The van der Waals surface area contributed by atoms with Gasteiger partial charge in [-0.15, -0.1) is 0 Å². The molecule has 0 aliphatic carbocycles. The zero-order chi connectivity index (χ0) is 28.8. The van der Waals surface area contributed by atoms with Gasteiger partial charge in [0.05, 0.1) is 11.7 Å². The molecule has 0 aromatic rings. The van der Waals surface area contributed by atoms with Crippen LogP contribution in [0.2, 0.25) is 0 Å². The number of ether oxygens (including phenoxy) is 1. The maximum atomic E-state index is 6.66. The van der Waals surface area contributed by atoms with Crippen LogP contribution in [0.5, 0.6) is 0 Å². The van der Waals surface area contributed by atoms with E-state index in [1.807, 2.05) is 0 Å². The Hall–Kier alpha value is 0.310. The number of unbranched alkanes of at least 4 members (excludes halogenated alkanes) is 25. The molecule has 40 heavy (non-hydrogen) atoms. The average Bonchev–Trinajstić information content (AvgIpc) is 3.37. The van der Waals surface area contributed by atoms with Crippen molar-refractivity contribution in [2.45, 2.75) is 225 Å². The largest absolute Gasteiger partial charge is 0.369 e. The molecule has 1 fully saturated rings. The topological polar surface area (TPSA) is 27.7 Å². The van der Waals surface area contributed by atoms with Gasteiger partial charge >= 0.3 is 0 Å². The van der Waals surface area contributed by atoms with Gasteiger partial charge in [0.15, 0.2) is 0 Å². The zero-order valence-electron chi connectivity index (χ0n) is 27.5. The van der Waals surface area contributed by atoms with Gasteiger partial charge in [-0.1, -0.05) is 187 Å². The van der Waals surface area contributed by atoms with E-state index in [-0.39, 0.29) is 11.7 Å². The molecule has 3 atom stereocenters. The van der Waals surface area contributed by atoms with Crippen molar-refractivity contribution in [2.24, 2.45) is 0 Å². The summed E-state index contributed by atoms with van der Waals surface area (Å²) in [5.74, 6) is 0. The molecule has 1 aliphatic rings. The lowest BCUT2D eigenvalue weighted by molar-refractivity contribution is -0.220. The first-order chi connectivity index (χ1) is 19.8. The molecule has 4 heteroatoms. The van der Waals surface area contributed by atoms with Gasteiger partial charge < -0.3 is 4.74 Å². The first-order valence-corrected chi connectivity index (χ1v) is 18.9. The minimum absolute atomic E-state index is 0.101. The summed E-state index contributed by atoms with van der Waals surface area (Å²) >= 11 is 0. The van der Waals surface area contributed by atoms with Gasteiger partial charge in [0, 0.05) is 9.47 Å². The molecule has 0 amide bonds. The van der Waals surface area contributed by atoms with Gasteiger partial charge in [0.1, 0.15) is 6.61 Å². The molecule has 0 radical (unpaired) electrons. The van der Waals surface area contributed by atoms with Crippen LogP contribution in [0.15, 0.2) is 0 Å². The van der Waals surface area contributed by atoms with E-state index in [0.29, 0.717) is 6.61 Å². The summed E-state index contributed by atoms with van der Waals surface area (Å²) in [6, 6.07) is 0. The van der Waals surface area contributed by atoms with Crippen molar-refractivity contribution < 1.29 is 14.3 Å². The lowest BCUT2D eigenvalue weighted by Crippen LogP contribution is -2.30. The highest BCUT2D eigenvalue weighted by Crippen LogP contribution is 2.39. The monoisotopic (exact) mass is 585 g/mol. The van der Waals surface area contributed by atoms with Gasteiger partial charge in [-0.25, -0.2) is 9.56 Å². The molecule has 1 rings (SSSR count). The summed E-state index contributed by atoms with van der Waals surface area (Å²) in [5.41, 5.74) is 0.101. The number of hydrogen-bond acceptors (Lipinski definition) is 3. The van der Waals surface area contributed by atoms with E-state index in [1.165, 1.54) is 193 Å². The minimum Gasteiger partial charge on any atom is -0.369 e. The van der Waals surface area contributed by atoms with E-state index in [1.54, 1.807) is 0 Å². The van der Waals surface area contributed by atoms with Gasteiger partial charge in [0.25, 0.3) is 0 Å². The van der Waals surface area contributed by atoms with Crippen molar-refractivity contribution in [2.75, 3.05) is 6.61 Å². The normalized spacial score (nSPS) is 19.1. The molecule has 240 valence electrons. The van der Waals surface area contributed by atoms with Gasteiger partial charge in [0.2, 0.25) is 0 Å². The molecule has 0 aromatic carbocycles. The van der Waals surface area contributed by atoms with Crippen LogP contribution < -0.4 is 0 Å². The fourth-order valence-corrected chi connectivity index (χ4v) is 6.81. The molecule has 0 saturated carbocycles. The van der Waals surface area contributed by atoms with E-state index in [4.69, 9.17) is 14.3 Å². The average molecular weight is 585 g/mol. The molecule has 0 N–H and O–H groups in total. The summed E-state index contributed by atoms with van der Waals surface area (Å²) in [6.45, 7) is 5.16. The highest BCUT2D eigenvalue weighted by Gasteiger charge is 2.39. The maximum absolute atomic E-state index is 6.66. The van der Waals surface area contributed by atoms with Gasteiger partial charge in [-0.3, -0.25) is 0 Å². The summed E-state index contributed by atoms with van der Waals surface area (Å²) in [4.78, 5) is 5.20. The minimum atomic E-state index is 0.101. The Bertz CT molecular complexity index is 502. The van der Waals surface area contributed by atoms with Crippen LogP contribution in [0, 0.1) is 0 Å². The second kappa shape index (κ2) is 29.4. The van der Waals surface area contributed by atoms with Crippen molar-refractivity contribution in [3.63, 3.8) is 0 Å². The second-order valence-corrected chi connectivity index (χ2v) is 13.4. The van der Waals surface area contributed by atoms with Crippen LogP contribution in [0.3, 0.4) is 0 Å². The lowest BCUT2D eigenvalue weighted by Gasteiger charge is -2.30. The van der Waals surface area contributed by atoms with E-state index in [9.17, 15) is 0 Å². The van der Waals surface area contributed by atoms with E-state index in [0.717, 1.165) is 6.42 Å². The Morgan fingerprint density at radius 3 is 1.18 bits per heavy atom. The standard InChI is InChI=1S/C36H73O3P/c1-3-5-7-9-11-13-15-17-19-21-23-25-27-29-32-36(33-30-35(38-36)34-37-39-40)31-28-26-24-22-20-18-16-14-12-10-8-6-4-2/h35H,3-34,40H2,1-2H3. The summed E-state index contributed by atoms with van der Waals surface area (Å²) in [5, 5.41) is 0. The van der Waals surface area contributed by atoms with E-state index in [2.05, 4.69) is 23.3 Å². The van der Waals surface area contributed by atoms with Crippen LogP contribution in [0.25, 0.3) is 0 Å². The van der Waals surface area contributed by atoms with E-state index >= 15 is 0 Å². The molecular weight excluding hydrogens is 511 g/mol. The predicted octanol–water partition coefficient (Wildman–Crippen LogP) is 13.0. The van der Waals surface area contributed by atoms with Gasteiger partial charge in [-0.2, -0.15) is 0 Å². The zero-order valence-corrected chi connectivity index (χ0v) is 28.7. The molecule has 1 saturated heterocycles. The third-order valence-electron chi connectivity index (χ3n) is 9.38. The fraction of sp³-hybridized carbons (Fsp3) is 1.00. The summed E-state index contributed by atoms with van der Waals surface area (Å²) in [6.07, 6.45) is 43.3. The Morgan fingerprint density at radius 1 is 0.525 bits per heavy atom. The number of hydrogen-bond donors (Lipinski definition) is 0. The highest BCUT2D eigenvalue weighted by atomic mass is 31.0. The fourth-order valence-electron chi connectivity index (χ4n) is 6.73. The van der Waals surface area contributed by atoms with Crippen molar-refractivity contribution >= 4 is 9.47 Å². The molecule has 0 bridgehead atoms. The molecule has 0 spiro atoms. The smallest absolute Gasteiger partial charge is 0.109 e. The van der Waals surface area contributed by atoms with Crippen LogP contribution in [-0.4, -0.2) is 18.3 Å². The first-order valence-electron chi connectivity index (χ1n) is 18.4. The summed E-state index contributed by atoms with van der Waals surface area (Å²) in [7, 11) is 2.18. The molecule has 3 unspecified atom stereocenters. The summed E-state index contributed by atoms with van der Waals surface area (Å²) < 4.78 is 11.4. The van der Waals surface area contributed by atoms with E-state index < -0.39 is 0 Å². The quantitative estimate of drug-likeness (QED) is 0.0341. The third kappa shape index (κ3) is 22.9. The van der Waals surface area contributed by atoms with Crippen LogP contribution in [0.4, 0.5) is 0 Å². The SMILES string of the molecule is CCCCCCCCCCCCCCCCC1(CCCCCCCCCCCCCCC)CCC(COOP)O1. The Labute approximate surface area is 254 Å². The molecular formula is C36H73O3P. The Balaban J connectivity index is 2.08. The first kappa shape index (κ1) is 38.3. The Morgan fingerprint density at radius 2 is 0.850 bits per heavy atom. The molecule has 0 aromatic heterocycles. The molecule has 3 nitrogen and oxygen atoms in total. The van der Waals surface area contributed by atoms with Crippen LogP contribution in [-0.2, 0) is 14.3 Å². The second-order valence-electron chi connectivity index (χ2n) is 13.2. The van der Waals surface area contributed by atoms with Crippen molar-refractivity contribution in [3.05, 3.63) is 0 Å². The predicted molar refractivity (Wildman–Crippen MR) is 179 cm³/mol. The maximum Gasteiger partial charge on any atom is 0.109 e. The van der Waals surface area contributed by atoms with Crippen LogP contribution >= 0.6 is 9.47 Å². The lowest BCUT2D eigenvalue weighted by atomic mass is 9.87. The van der Waals surface area contributed by atoms with Gasteiger partial charge in [-0.05, 0) is 25.7 Å². The third-order valence-corrected chi connectivity index (χ3v) is 9.52. The molecule has 1 heterocycles. The molecule has 1 aliphatic heterocycles. The van der Waals surface area contributed by atoms with Crippen molar-refractivity contribution in [1.82, 2.24) is 0 Å².